The van der Waals surface area contributed by atoms with E-state index < -0.39 is 11.1 Å². The Morgan fingerprint density at radius 3 is 1.73 bits per heavy atom. The number of hydrogen-bond donors (Lipinski definition) is 1. The molecule has 0 aromatic heterocycles. The lowest BCUT2D eigenvalue weighted by Crippen LogP contribution is -2.54. The Kier molecular flexibility index (Phi) is 3.95. The molecule has 0 heterocycles. The van der Waals surface area contributed by atoms with Crippen LogP contribution >= 0.6 is 0 Å². The minimum atomic E-state index is -0.852. The lowest BCUT2D eigenvalue weighted by molar-refractivity contribution is -0.214. The smallest absolute Gasteiger partial charge is 0.127 e. The Labute approximate surface area is 93.7 Å². The molecular weight excluding hydrogens is 188 g/mol. The zero-order valence-electron chi connectivity index (χ0n) is 11.0. The van der Waals surface area contributed by atoms with E-state index >= 15 is 0 Å². The first-order valence-electron chi connectivity index (χ1n) is 5.33. The number of nitrogens with zero attached hydrogens (tertiary/aromatic N) is 2. The van der Waals surface area contributed by atoms with Gasteiger partial charge >= 0.3 is 0 Å². The Balaban J connectivity index is 4.83. The zero-order valence-corrected chi connectivity index (χ0v) is 11.0. The number of hydroxylamine groups is 2. The molecule has 0 saturated carbocycles. The number of rotatable bonds is 3. The summed E-state index contributed by atoms with van der Waals surface area (Å²) in [5.74, 6) is 0. The third-order valence-corrected chi connectivity index (χ3v) is 2.34. The van der Waals surface area contributed by atoms with Crippen LogP contribution in [0.4, 0.5) is 0 Å². The minimum Gasteiger partial charge on any atom is -0.312 e. The first kappa shape index (κ1) is 14.4. The molecule has 88 valence electrons. The van der Waals surface area contributed by atoms with E-state index in [9.17, 15) is 5.21 Å². The van der Waals surface area contributed by atoms with Gasteiger partial charge in [-0.2, -0.15) is 10.3 Å². The van der Waals surface area contributed by atoms with Gasteiger partial charge in [-0.3, -0.25) is 0 Å². The van der Waals surface area contributed by atoms with Crippen molar-refractivity contribution >= 4 is 0 Å². The lowest BCUT2D eigenvalue weighted by Gasteiger charge is -2.43. The van der Waals surface area contributed by atoms with E-state index in [1.807, 2.05) is 13.8 Å². The fourth-order valence-corrected chi connectivity index (χ4v) is 2.18. The maximum atomic E-state index is 10.1. The highest BCUT2D eigenvalue weighted by molar-refractivity contribution is 5.03. The van der Waals surface area contributed by atoms with Gasteiger partial charge in [-0.1, -0.05) is 20.8 Å². The second kappa shape index (κ2) is 4.11. The van der Waals surface area contributed by atoms with Crippen LogP contribution in [0.2, 0.25) is 0 Å². The molecule has 0 aromatic carbocycles. The normalized spacial score (nSPS) is 14.1. The first-order chi connectivity index (χ1) is 6.42. The van der Waals surface area contributed by atoms with Crippen molar-refractivity contribution in [1.82, 2.24) is 5.06 Å². The fraction of sp³-hybridized carbons (Fsp3) is 0.917. The van der Waals surface area contributed by atoms with E-state index in [2.05, 4.69) is 26.8 Å². The largest absolute Gasteiger partial charge is 0.312 e. The van der Waals surface area contributed by atoms with Crippen LogP contribution in [0.1, 0.15) is 54.9 Å². The second-order valence-electron chi connectivity index (χ2n) is 6.53. The quantitative estimate of drug-likeness (QED) is 0.731. The van der Waals surface area contributed by atoms with E-state index in [1.54, 1.807) is 13.8 Å². The number of hydrogen-bond acceptors (Lipinski definition) is 3. The fourth-order valence-electron chi connectivity index (χ4n) is 2.18. The standard InChI is InChI=1S/C12H24N2O/c1-10(2,3)8-11(4,5)14(15)12(6,7)9-13/h15H,8H2,1-7H3. The van der Waals surface area contributed by atoms with Gasteiger partial charge in [0.2, 0.25) is 0 Å². The van der Waals surface area contributed by atoms with Crippen molar-refractivity contribution < 1.29 is 5.21 Å². The predicted octanol–water partition coefficient (Wildman–Crippen LogP) is 3.19. The highest BCUT2D eigenvalue weighted by Crippen LogP contribution is 2.33. The molecule has 0 rings (SSSR count). The molecule has 0 aliphatic carbocycles. The third kappa shape index (κ3) is 4.19. The summed E-state index contributed by atoms with van der Waals surface area (Å²) in [4.78, 5) is 0. The second-order valence-corrected chi connectivity index (χ2v) is 6.53. The summed E-state index contributed by atoms with van der Waals surface area (Å²) in [6, 6.07) is 2.11. The molecule has 15 heavy (non-hydrogen) atoms. The molecule has 0 aliphatic rings. The molecule has 0 radical (unpaired) electrons. The van der Waals surface area contributed by atoms with Crippen LogP contribution in [-0.4, -0.2) is 21.3 Å². The zero-order chi connectivity index (χ0) is 12.5. The average Bonchev–Trinajstić information content (AvgIpc) is 1.98. The summed E-state index contributed by atoms with van der Waals surface area (Å²) in [7, 11) is 0. The summed E-state index contributed by atoms with van der Waals surface area (Å²) in [6.45, 7) is 13.7. The van der Waals surface area contributed by atoms with E-state index in [0.717, 1.165) is 6.42 Å². The van der Waals surface area contributed by atoms with Crippen molar-refractivity contribution in [2.24, 2.45) is 5.41 Å². The van der Waals surface area contributed by atoms with Crippen LogP contribution in [0.25, 0.3) is 0 Å². The molecule has 0 unspecified atom stereocenters. The first-order valence-corrected chi connectivity index (χ1v) is 5.33. The lowest BCUT2D eigenvalue weighted by atomic mass is 9.80. The van der Waals surface area contributed by atoms with Gasteiger partial charge in [0, 0.05) is 5.54 Å². The molecule has 0 saturated heterocycles. The van der Waals surface area contributed by atoms with Crippen LogP contribution in [0.15, 0.2) is 0 Å². The molecule has 0 aromatic rings. The summed E-state index contributed by atoms with van der Waals surface area (Å²) in [5, 5.41) is 20.2. The summed E-state index contributed by atoms with van der Waals surface area (Å²) in [5.41, 5.74) is -1.14. The van der Waals surface area contributed by atoms with Crippen molar-refractivity contribution in [2.75, 3.05) is 0 Å². The van der Waals surface area contributed by atoms with Crippen LogP contribution in [-0.2, 0) is 0 Å². The van der Waals surface area contributed by atoms with Crippen molar-refractivity contribution in [1.29, 1.82) is 5.26 Å². The van der Waals surface area contributed by atoms with Crippen LogP contribution in [0.5, 0.6) is 0 Å². The molecule has 0 fully saturated rings. The van der Waals surface area contributed by atoms with Gasteiger partial charge in [0.15, 0.2) is 0 Å². The molecule has 0 spiro atoms. The van der Waals surface area contributed by atoms with Gasteiger partial charge in [0.05, 0.1) is 6.07 Å². The van der Waals surface area contributed by atoms with Crippen molar-refractivity contribution in [3.63, 3.8) is 0 Å². The maximum absolute atomic E-state index is 10.1. The van der Waals surface area contributed by atoms with Gasteiger partial charge in [-0.15, -0.1) is 0 Å². The summed E-state index contributed by atoms with van der Waals surface area (Å²) < 4.78 is 0. The Hall–Kier alpha value is -0.590. The molecule has 0 bridgehead atoms. The van der Waals surface area contributed by atoms with Gasteiger partial charge in [-0.05, 0) is 39.5 Å². The summed E-state index contributed by atoms with van der Waals surface area (Å²) in [6.07, 6.45) is 0.821. The third-order valence-electron chi connectivity index (χ3n) is 2.34. The van der Waals surface area contributed by atoms with E-state index in [-0.39, 0.29) is 5.41 Å². The summed E-state index contributed by atoms with van der Waals surface area (Å²) >= 11 is 0. The van der Waals surface area contributed by atoms with E-state index in [0.29, 0.717) is 0 Å². The molecule has 1 N–H and O–H groups in total. The van der Waals surface area contributed by atoms with Crippen LogP contribution < -0.4 is 0 Å². The predicted molar refractivity (Wildman–Crippen MR) is 61.5 cm³/mol. The highest BCUT2D eigenvalue weighted by Gasteiger charge is 2.39. The Morgan fingerprint density at radius 2 is 1.47 bits per heavy atom. The minimum absolute atomic E-state index is 0.121. The van der Waals surface area contributed by atoms with Crippen molar-refractivity contribution in [3.8, 4) is 6.07 Å². The van der Waals surface area contributed by atoms with Crippen molar-refractivity contribution in [2.45, 2.75) is 66.0 Å². The van der Waals surface area contributed by atoms with Gasteiger partial charge < -0.3 is 5.21 Å². The van der Waals surface area contributed by atoms with Crippen LogP contribution in [0.3, 0.4) is 0 Å². The molecule has 0 amide bonds. The number of nitriles is 1. The van der Waals surface area contributed by atoms with Gasteiger partial charge in [0.1, 0.15) is 5.54 Å². The Bertz CT molecular complexity index is 256. The monoisotopic (exact) mass is 212 g/mol. The topological polar surface area (TPSA) is 47.3 Å². The SMILES string of the molecule is CC(C)(C)CC(C)(C)N(O)C(C)(C)C#N. The Morgan fingerprint density at radius 1 is 1.07 bits per heavy atom. The van der Waals surface area contributed by atoms with Gasteiger partial charge in [-0.25, -0.2) is 0 Å². The highest BCUT2D eigenvalue weighted by atomic mass is 16.5. The molecule has 3 nitrogen and oxygen atoms in total. The molecule has 0 atom stereocenters. The van der Waals surface area contributed by atoms with Crippen LogP contribution in [0, 0.1) is 16.7 Å². The average molecular weight is 212 g/mol. The van der Waals surface area contributed by atoms with Gasteiger partial charge in [0.25, 0.3) is 0 Å². The van der Waals surface area contributed by atoms with Crippen molar-refractivity contribution in [3.05, 3.63) is 0 Å². The molecule has 0 aliphatic heterocycles. The molecule has 3 heteroatoms. The van der Waals surface area contributed by atoms with E-state index in [1.165, 1.54) is 5.06 Å². The van der Waals surface area contributed by atoms with E-state index in [4.69, 9.17) is 5.26 Å². The molecular formula is C12H24N2O. The maximum Gasteiger partial charge on any atom is 0.127 e.